The summed E-state index contributed by atoms with van der Waals surface area (Å²) in [6, 6.07) is 13.7. The monoisotopic (exact) mass is 868 g/mol. The predicted octanol–water partition coefficient (Wildman–Crippen LogP) is 4.53. The van der Waals surface area contributed by atoms with Crippen LogP contribution in [0.3, 0.4) is 0 Å². The van der Waals surface area contributed by atoms with Gasteiger partial charge in [-0.05, 0) is 53.1 Å². The van der Waals surface area contributed by atoms with Crippen LogP contribution in [0, 0.1) is 5.92 Å². The Balaban J connectivity index is 1.25. The third kappa shape index (κ3) is 6.58. The fourth-order valence-corrected chi connectivity index (χ4v) is 9.42. The second-order valence-corrected chi connectivity index (χ2v) is 16.0. The molecule has 3 aliphatic heterocycles. The van der Waals surface area contributed by atoms with E-state index in [0.717, 1.165) is 60.7 Å². The van der Waals surface area contributed by atoms with Gasteiger partial charge in [-0.25, -0.2) is 0 Å². The van der Waals surface area contributed by atoms with E-state index < -0.39 is 129 Å². The van der Waals surface area contributed by atoms with Gasteiger partial charge >= 0.3 is 0 Å². The zero-order valence-corrected chi connectivity index (χ0v) is 32.4. The quantitative estimate of drug-likeness (QED) is 0.108. The van der Waals surface area contributed by atoms with Crippen LogP contribution in [0.2, 0.25) is 0 Å². The van der Waals surface area contributed by atoms with Crippen molar-refractivity contribution in [2.24, 2.45) is 5.92 Å². The number of rotatable bonds is 5. The van der Waals surface area contributed by atoms with E-state index in [1.807, 2.05) is 0 Å². The van der Waals surface area contributed by atoms with Gasteiger partial charge in [0.2, 0.25) is 0 Å². The third-order valence-corrected chi connectivity index (χ3v) is 12.3. The molecular formula is C45H40O18. The molecule has 18 heteroatoms. The molecule has 0 aromatic heterocycles. The molecule has 63 heavy (non-hydrogen) atoms. The largest absolute Gasteiger partial charge is 0.512 e. The maximum atomic E-state index is 12.5. The highest BCUT2D eigenvalue weighted by molar-refractivity contribution is 5.63. The zero-order valence-electron chi connectivity index (χ0n) is 32.4. The smallest absolute Gasteiger partial charge is 0.157 e. The van der Waals surface area contributed by atoms with Crippen molar-refractivity contribution in [2.75, 3.05) is 0 Å². The Hall–Kier alpha value is -7.38. The van der Waals surface area contributed by atoms with Gasteiger partial charge in [0, 0.05) is 64.8 Å². The van der Waals surface area contributed by atoms with Gasteiger partial charge in [-0.1, -0.05) is 18.2 Å². The van der Waals surface area contributed by atoms with Gasteiger partial charge < -0.3 is 90.8 Å². The average Bonchev–Trinajstić information content (AvgIpc) is 3.22. The molecular weight excluding hydrogens is 828 g/mol. The molecule has 5 aromatic carbocycles. The molecule has 15 N–H and O–H groups in total. The first-order chi connectivity index (χ1) is 29.9. The highest BCUT2D eigenvalue weighted by Crippen LogP contribution is 2.61. The first-order valence-corrected chi connectivity index (χ1v) is 19.5. The lowest BCUT2D eigenvalue weighted by atomic mass is 9.65. The predicted molar refractivity (Wildman–Crippen MR) is 214 cm³/mol. The Labute approximate surface area is 355 Å². The molecule has 328 valence electrons. The number of benzene rings is 5. The minimum absolute atomic E-state index is 0.0215. The lowest BCUT2D eigenvalue weighted by Crippen LogP contribution is -2.51. The zero-order chi connectivity index (χ0) is 44.9. The summed E-state index contributed by atoms with van der Waals surface area (Å²) in [7, 11) is 0. The lowest BCUT2D eigenvalue weighted by Gasteiger charge is -2.50. The van der Waals surface area contributed by atoms with Crippen molar-refractivity contribution in [1.29, 1.82) is 0 Å². The molecule has 1 fully saturated rings. The van der Waals surface area contributed by atoms with Gasteiger partial charge in [0.05, 0.1) is 24.2 Å². The topological polar surface area (TPSA) is 331 Å². The number of ether oxygens (including phenoxy) is 3. The molecule has 5 aromatic rings. The Kier molecular flexibility index (Phi) is 9.70. The summed E-state index contributed by atoms with van der Waals surface area (Å²) >= 11 is 0. The molecule has 3 heterocycles. The number of phenols is 10. The molecule has 0 spiro atoms. The van der Waals surface area contributed by atoms with E-state index >= 15 is 0 Å². The number of hydrogen-bond acceptors (Lipinski definition) is 18. The summed E-state index contributed by atoms with van der Waals surface area (Å²) in [6.45, 7) is 0. The third-order valence-electron chi connectivity index (χ3n) is 12.3. The molecule has 0 bridgehead atoms. The van der Waals surface area contributed by atoms with Crippen molar-refractivity contribution in [3.63, 3.8) is 0 Å². The Bertz CT molecular complexity index is 2750. The lowest BCUT2D eigenvalue weighted by molar-refractivity contribution is -0.151. The molecule has 0 amide bonds. The summed E-state index contributed by atoms with van der Waals surface area (Å²) in [6.07, 6.45) is -10.5. The van der Waals surface area contributed by atoms with E-state index in [0.29, 0.717) is 0 Å². The maximum Gasteiger partial charge on any atom is 0.157 e. The van der Waals surface area contributed by atoms with Crippen molar-refractivity contribution >= 4 is 0 Å². The van der Waals surface area contributed by atoms with Gasteiger partial charge in [0.25, 0.3) is 0 Å². The fraction of sp³-hybridized carbons (Fsp3) is 0.244. The van der Waals surface area contributed by atoms with Crippen LogP contribution in [0.25, 0.3) is 0 Å². The number of fused-ring (bicyclic) bond motifs is 3. The van der Waals surface area contributed by atoms with Crippen LogP contribution in [-0.4, -0.2) is 101 Å². The molecule has 9 rings (SSSR count). The van der Waals surface area contributed by atoms with E-state index in [4.69, 9.17) is 14.2 Å². The van der Waals surface area contributed by atoms with Crippen molar-refractivity contribution in [3.05, 3.63) is 129 Å². The second kappa shape index (κ2) is 14.9. The minimum atomic E-state index is -1.84. The van der Waals surface area contributed by atoms with Crippen LogP contribution in [0.4, 0.5) is 0 Å². The number of phenolic OH excluding ortho intramolecular Hbond substituents is 10. The van der Waals surface area contributed by atoms with Crippen LogP contribution in [0.15, 0.2) is 96.0 Å². The van der Waals surface area contributed by atoms with Crippen LogP contribution >= 0.6 is 0 Å². The van der Waals surface area contributed by atoms with Crippen LogP contribution < -0.4 is 9.47 Å². The van der Waals surface area contributed by atoms with Crippen LogP contribution in [0.1, 0.15) is 63.5 Å². The molecule has 18 nitrogen and oxygen atoms in total. The van der Waals surface area contributed by atoms with Gasteiger partial charge in [-0.3, -0.25) is 0 Å². The Morgan fingerprint density at radius 3 is 1.60 bits per heavy atom. The highest BCUT2D eigenvalue weighted by Gasteiger charge is 2.57. The van der Waals surface area contributed by atoms with E-state index in [-0.39, 0.29) is 56.9 Å². The van der Waals surface area contributed by atoms with Gasteiger partial charge in [-0.2, -0.15) is 0 Å². The summed E-state index contributed by atoms with van der Waals surface area (Å²) < 4.78 is 19.0. The van der Waals surface area contributed by atoms with Crippen molar-refractivity contribution in [1.82, 2.24) is 0 Å². The Morgan fingerprint density at radius 2 is 1.02 bits per heavy atom. The Morgan fingerprint density at radius 1 is 0.460 bits per heavy atom. The number of hydrogen-bond donors (Lipinski definition) is 15. The van der Waals surface area contributed by atoms with Crippen molar-refractivity contribution in [2.45, 2.75) is 61.0 Å². The summed E-state index contributed by atoms with van der Waals surface area (Å²) in [4.78, 5) is 0. The molecule has 3 unspecified atom stereocenters. The number of aliphatic hydroxyl groups excluding tert-OH is 5. The molecule has 4 aliphatic rings. The molecule has 1 saturated heterocycles. The van der Waals surface area contributed by atoms with Crippen LogP contribution in [-0.2, 0) is 11.2 Å². The summed E-state index contributed by atoms with van der Waals surface area (Å²) in [5.74, 6) is -12.1. The van der Waals surface area contributed by atoms with Gasteiger partial charge in [-0.15, -0.1) is 0 Å². The van der Waals surface area contributed by atoms with E-state index in [1.54, 1.807) is 0 Å². The van der Waals surface area contributed by atoms with Crippen molar-refractivity contribution < 1.29 is 90.8 Å². The fourth-order valence-electron chi connectivity index (χ4n) is 9.42. The number of aliphatic hydroxyl groups is 5. The second-order valence-electron chi connectivity index (χ2n) is 16.0. The van der Waals surface area contributed by atoms with Gasteiger partial charge in [0.15, 0.2) is 40.6 Å². The van der Waals surface area contributed by atoms with E-state index in [1.165, 1.54) is 18.2 Å². The molecule has 0 saturated carbocycles. The minimum Gasteiger partial charge on any atom is -0.512 e. The normalized spacial score (nSPS) is 27.6. The van der Waals surface area contributed by atoms with Gasteiger partial charge in [0.1, 0.15) is 64.3 Å². The number of allylic oxidation sites excluding steroid dienone is 1. The standard InChI is InChI=1S/C45H40O18/c46-18-10-27(54)33-32(11-18)61-42(16-2-5-21(48)25(52)8-16)39(59)37(33)35-29(56)14-30(57)36-38(40(60)43(63-45(35)36)17-3-6-22(49)26(53)9-17)34-28(55)13-23(50)19-12-31(58)41(62-44(19)34)15-1-4-20(47)24(51)7-15/h1-11,13-14,31,36-43,45-60H,12H2/t31-,36?,37-,38+,39-,40+,41?,42-,43-,45?/m1/s1. The number of aromatic hydroxyl groups is 10. The summed E-state index contributed by atoms with van der Waals surface area (Å²) in [5.41, 5.74) is -0.441. The molecule has 0 radical (unpaired) electrons. The van der Waals surface area contributed by atoms with E-state index in [9.17, 15) is 76.6 Å². The van der Waals surface area contributed by atoms with E-state index in [2.05, 4.69) is 0 Å². The maximum absolute atomic E-state index is 12.5. The van der Waals surface area contributed by atoms with Crippen molar-refractivity contribution in [3.8, 4) is 69.0 Å². The average molecular weight is 869 g/mol. The van der Waals surface area contributed by atoms with Crippen LogP contribution in [0.5, 0.6) is 69.0 Å². The highest BCUT2D eigenvalue weighted by atomic mass is 16.5. The first-order valence-electron chi connectivity index (χ1n) is 19.5. The molecule has 10 atom stereocenters. The first kappa shape index (κ1) is 41.0. The SMILES string of the molecule is OC1=CC(O)=C([C@H]2c3c(O)cc(O)cc3O[C@H](c3ccc(O)c(O)c3)[C@@H]2O)C2O[C@H](c3ccc(O)c(O)c3)[C@@H](O)[C@@H](c3c(O)cc(O)c4c3OC(c3ccc(O)c(O)c3)[C@H](O)C4)C12. The molecule has 1 aliphatic carbocycles. The summed E-state index contributed by atoms with van der Waals surface area (Å²) in [5, 5.41) is 167.